The molecule has 1 saturated heterocycles. The summed E-state index contributed by atoms with van der Waals surface area (Å²) in [5.41, 5.74) is 1.04. The minimum atomic E-state index is -0.603. The number of aromatic nitrogens is 1. The highest BCUT2D eigenvalue weighted by molar-refractivity contribution is 7.13. The number of thiazole rings is 1. The normalized spacial score (nSPS) is 21.1. The molecule has 1 aliphatic heterocycles. The van der Waals surface area contributed by atoms with Crippen molar-refractivity contribution in [1.29, 1.82) is 0 Å². The smallest absolute Gasteiger partial charge is 0.306 e. The lowest BCUT2D eigenvalue weighted by Crippen LogP contribution is -2.21. The van der Waals surface area contributed by atoms with Crippen molar-refractivity contribution in [2.45, 2.75) is 25.4 Å². The largest absolute Gasteiger partial charge is 0.495 e. The van der Waals surface area contributed by atoms with Crippen molar-refractivity contribution in [3.05, 3.63) is 35.3 Å². The number of anilines is 2. The number of carbonyl (C=O) groups is 1. The van der Waals surface area contributed by atoms with Crippen molar-refractivity contribution in [1.82, 2.24) is 4.98 Å². The van der Waals surface area contributed by atoms with Crippen LogP contribution in [0, 0.1) is 0 Å². The average Bonchev–Trinajstić information content (AvgIpc) is 3.08. The van der Waals surface area contributed by atoms with E-state index in [1.54, 1.807) is 7.11 Å². The third-order valence-electron chi connectivity index (χ3n) is 3.54. The topological polar surface area (TPSA) is 60.5 Å². The highest BCUT2D eigenvalue weighted by Crippen LogP contribution is 2.38. The van der Waals surface area contributed by atoms with E-state index in [0.29, 0.717) is 12.8 Å². The van der Waals surface area contributed by atoms with Crippen molar-refractivity contribution in [3.8, 4) is 5.75 Å². The van der Waals surface area contributed by atoms with Crippen LogP contribution in [0.4, 0.5) is 10.8 Å². The minimum Gasteiger partial charge on any atom is -0.495 e. The van der Waals surface area contributed by atoms with Gasteiger partial charge in [-0.3, -0.25) is 4.79 Å². The zero-order chi connectivity index (χ0) is 14.9. The van der Waals surface area contributed by atoms with Crippen LogP contribution in [0.5, 0.6) is 5.75 Å². The molecule has 0 aliphatic carbocycles. The summed E-state index contributed by atoms with van der Waals surface area (Å²) in [6.45, 7) is 1.90. The summed E-state index contributed by atoms with van der Waals surface area (Å²) in [5, 5.41) is 5.91. The van der Waals surface area contributed by atoms with Gasteiger partial charge in [-0.05, 0) is 19.1 Å². The molecular formula is C15H16N2O3S. The van der Waals surface area contributed by atoms with Gasteiger partial charge >= 0.3 is 5.97 Å². The molecule has 2 heterocycles. The van der Waals surface area contributed by atoms with Crippen molar-refractivity contribution in [2.75, 3.05) is 12.4 Å². The van der Waals surface area contributed by atoms with Crippen molar-refractivity contribution in [2.24, 2.45) is 0 Å². The summed E-state index contributed by atoms with van der Waals surface area (Å²) >= 11 is 1.48. The van der Waals surface area contributed by atoms with E-state index < -0.39 is 5.60 Å². The average molecular weight is 304 g/mol. The van der Waals surface area contributed by atoms with Gasteiger partial charge in [-0.2, -0.15) is 0 Å². The Morgan fingerprint density at radius 2 is 2.24 bits per heavy atom. The summed E-state index contributed by atoms with van der Waals surface area (Å²) in [7, 11) is 1.63. The van der Waals surface area contributed by atoms with Crippen molar-refractivity contribution >= 4 is 28.1 Å². The van der Waals surface area contributed by atoms with E-state index in [2.05, 4.69) is 10.3 Å². The fraction of sp³-hybridized carbons (Fsp3) is 0.333. The molecule has 110 valence electrons. The molecule has 5 nitrogen and oxygen atoms in total. The third kappa shape index (κ3) is 2.71. The molecule has 1 aromatic heterocycles. The van der Waals surface area contributed by atoms with Crippen LogP contribution in [0.2, 0.25) is 0 Å². The van der Waals surface area contributed by atoms with Crippen LogP contribution < -0.4 is 10.1 Å². The maximum Gasteiger partial charge on any atom is 0.306 e. The first kappa shape index (κ1) is 13.9. The molecular weight excluding hydrogens is 288 g/mol. The molecule has 1 aromatic carbocycles. The zero-order valence-electron chi connectivity index (χ0n) is 11.9. The van der Waals surface area contributed by atoms with E-state index in [-0.39, 0.29) is 5.97 Å². The van der Waals surface area contributed by atoms with Crippen LogP contribution in [0.3, 0.4) is 0 Å². The first-order valence-electron chi connectivity index (χ1n) is 6.68. The molecule has 1 aliphatic rings. The molecule has 1 atom stereocenters. The fourth-order valence-electron chi connectivity index (χ4n) is 2.31. The third-order valence-corrected chi connectivity index (χ3v) is 4.30. The highest BCUT2D eigenvalue weighted by atomic mass is 32.1. The zero-order valence-corrected chi connectivity index (χ0v) is 12.7. The number of para-hydroxylation sites is 2. The molecule has 0 saturated carbocycles. The molecule has 0 radical (unpaired) electrons. The van der Waals surface area contributed by atoms with Gasteiger partial charge in [0.05, 0.1) is 18.5 Å². The van der Waals surface area contributed by atoms with Crippen LogP contribution in [0.25, 0.3) is 0 Å². The van der Waals surface area contributed by atoms with Crippen LogP contribution in [0.15, 0.2) is 29.6 Å². The second kappa shape index (κ2) is 5.37. The van der Waals surface area contributed by atoms with Gasteiger partial charge in [0.2, 0.25) is 0 Å². The van der Waals surface area contributed by atoms with Crippen LogP contribution in [-0.4, -0.2) is 18.1 Å². The fourth-order valence-corrected chi connectivity index (χ4v) is 3.16. The summed E-state index contributed by atoms with van der Waals surface area (Å²) in [5.74, 6) is 0.595. The Hall–Kier alpha value is -2.08. The Morgan fingerprint density at radius 1 is 1.43 bits per heavy atom. The summed E-state index contributed by atoms with van der Waals surface area (Å²) in [6.07, 6.45) is 1.12. The maximum absolute atomic E-state index is 11.3. The molecule has 0 amide bonds. The first-order valence-corrected chi connectivity index (χ1v) is 7.56. The number of benzene rings is 1. The van der Waals surface area contributed by atoms with Crippen LogP contribution >= 0.6 is 11.3 Å². The Labute approximate surface area is 126 Å². The van der Waals surface area contributed by atoms with Gasteiger partial charge in [0.1, 0.15) is 5.75 Å². The maximum atomic E-state index is 11.3. The Kier molecular flexibility index (Phi) is 3.55. The molecule has 1 N–H and O–H groups in total. The van der Waals surface area contributed by atoms with E-state index in [0.717, 1.165) is 22.3 Å². The Balaban J connectivity index is 1.81. The lowest BCUT2D eigenvalue weighted by Gasteiger charge is -2.19. The number of cyclic esters (lactones) is 1. The molecule has 3 rings (SSSR count). The van der Waals surface area contributed by atoms with E-state index in [9.17, 15) is 4.79 Å². The van der Waals surface area contributed by atoms with E-state index in [1.807, 2.05) is 36.6 Å². The van der Waals surface area contributed by atoms with Gasteiger partial charge in [0, 0.05) is 18.2 Å². The lowest BCUT2D eigenvalue weighted by atomic mass is 10.00. The molecule has 6 heteroatoms. The molecule has 21 heavy (non-hydrogen) atoms. The lowest BCUT2D eigenvalue weighted by molar-refractivity contribution is -0.148. The number of ether oxygens (including phenoxy) is 2. The second-order valence-electron chi connectivity index (χ2n) is 5.07. The predicted molar refractivity (Wildman–Crippen MR) is 81.1 cm³/mol. The Morgan fingerprint density at radius 3 is 2.95 bits per heavy atom. The summed E-state index contributed by atoms with van der Waals surface area (Å²) < 4.78 is 10.7. The monoisotopic (exact) mass is 304 g/mol. The number of esters is 1. The van der Waals surface area contributed by atoms with Crippen LogP contribution in [-0.2, 0) is 15.1 Å². The molecule has 2 aromatic rings. The molecule has 1 fully saturated rings. The van der Waals surface area contributed by atoms with E-state index in [4.69, 9.17) is 9.47 Å². The van der Waals surface area contributed by atoms with Gasteiger partial charge in [-0.25, -0.2) is 4.98 Å². The molecule has 0 spiro atoms. The van der Waals surface area contributed by atoms with Crippen LogP contribution in [0.1, 0.15) is 25.5 Å². The molecule has 0 bridgehead atoms. The number of carbonyl (C=O) groups excluding carboxylic acids is 1. The SMILES string of the molecule is COc1ccccc1Nc1nc([C@@]2(C)CCC(=O)O2)cs1. The number of nitrogens with zero attached hydrogens (tertiary/aromatic N) is 1. The quantitative estimate of drug-likeness (QED) is 0.877. The van der Waals surface area contributed by atoms with Crippen molar-refractivity contribution < 1.29 is 14.3 Å². The van der Waals surface area contributed by atoms with Gasteiger partial charge in [-0.1, -0.05) is 12.1 Å². The summed E-state index contributed by atoms with van der Waals surface area (Å²) in [4.78, 5) is 15.9. The van der Waals surface area contributed by atoms with E-state index >= 15 is 0 Å². The highest BCUT2D eigenvalue weighted by Gasteiger charge is 2.39. The number of hydrogen-bond acceptors (Lipinski definition) is 6. The van der Waals surface area contributed by atoms with Gasteiger partial charge < -0.3 is 14.8 Å². The number of rotatable bonds is 4. The minimum absolute atomic E-state index is 0.162. The summed E-state index contributed by atoms with van der Waals surface area (Å²) in [6, 6.07) is 7.66. The van der Waals surface area contributed by atoms with Gasteiger partial charge in [-0.15, -0.1) is 11.3 Å². The van der Waals surface area contributed by atoms with Gasteiger partial charge in [0.15, 0.2) is 10.7 Å². The predicted octanol–water partition coefficient (Wildman–Crippen LogP) is 3.45. The van der Waals surface area contributed by atoms with E-state index in [1.165, 1.54) is 11.3 Å². The standard InChI is InChI=1S/C15H16N2O3S/c1-15(8-7-13(18)20-15)12-9-21-14(17-12)16-10-5-3-4-6-11(10)19-2/h3-6,9H,7-8H2,1-2H3,(H,16,17)/t15-/m1/s1. The van der Waals surface area contributed by atoms with Gasteiger partial charge in [0.25, 0.3) is 0 Å². The van der Waals surface area contributed by atoms with Crippen molar-refractivity contribution in [3.63, 3.8) is 0 Å². The first-order chi connectivity index (χ1) is 10.1. The number of hydrogen-bond donors (Lipinski definition) is 1. The number of nitrogens with one attached hydrogen (secondary N) is 1. The number of methoxy groups -OCH3 is 1. The second-order valence-corrected chi connectivity index (χ2v) is 5.93. The molecule has 0 unspecified atom stereocenters. The Bertz CT molecular complexity index is 670.